The van der Waals surface area contributed by atoms with Crippen molar-refractivity contribution in [2.45, 2.75) is 25.0 Å². The van der Waals surface area contributed by atoms with Gasteiger partial charge in [0.1, 0.15) is 33.7 Å². The van der Waals surface area contributed by atoms with E-state index in [4.69, 9.17) is 10.5 Å². The third kappa shape index (κ3) is 3.94. The Bertz CT molecular complexity index is 1300. The highest BCUT2D eigenvalue weighted by molar-refractivity contribution is 7.86. The van der Waals surface area contributed by atoms with Gasteiger partial charge in [-0.25, -0.2) is 9.97 Å². The minimum absolute atomic E-state index is 0.0827. The van der Waals surface area contributed by atoms with Crippen LogP contribution >= 0.6 is 0 Å². The smallest absolute Gasteiger partial charge is 0.272 e. The molecule has 1 atom stereocenters. The average molecular weight is 426 g/mol. The summed E-state index contributed by atoms with van der Waals surface area (Å²) in [6, 6.07) is 14.1. The number of fused-ring (bicyclic) bond motifs is 3. The molecule has 0 radical (unpaired) electrons. The number of benzene rings is 2. The number of H-pyrrole nitrogens is 1. The second kappa shape index (κ2) is 7.92. The summed E-state index contributed by atoms with van der Waals surface area (Å²) in [6.07, 6.45) is 0.805. The van der Waals surface area contributed by atoms with Crippen LogP contribution in [0.1, 0.15) is 30.0 Å². The summed E-state index contributed by atoms with van der Waals surface area (Å²) in [4.78, 5) is 12.1. The van der Waals surface area contributed by atoms with Gasteiger partial charge in [-0.05, 0) is 23.8 Å². The number of aromatic amines is 1. The van der Waals surface area contributed by atoms with Gasteiger partial charge in [0.25, 0.3) is 10.1 Å². The summed E-state index contributed by atoms with van der Waals surface area (Å²) < 4.78 is 39.6. The summed E-state index contributed by atoms with van der Waals surface area (Å²) in [5.74, 6) is 1.72. The number of rotatable bonds is 7. The van der Waals surface area contributed by atoms with E-state index in [1.54, 1.807) is 30.3 Å². The molecule has 0 aliphatic rings. The van der Waals surface area contributed by atoms with E-state index in [0.29, 0.717) is 27.9 Å². The largest absolute Gasteiger partial charge is 0.494 e. The third-order valence-corrected chi connectivity index (χ3v) is 6.21. The highest BCUT2D eigenvalue weighted by Gasteiger charge is 2.26. The van der Waals surface area contributed by atoms with E-state index < -0.39 is 15.4 Å². The molecule has 0 amide bonds. The van der Waals surface area contributed by atoms with Crippen LogP contribution in [0.2, 0.25) is 0 Å². The molecule has 0 saturated heterocycles. The van der Waals surface area contributed by atoms with E-state index in [1.807, 2.05) is 25.1 Å². The summed E-state index contributed by atoms with van der Waals surface area (Å²) >= 11 is 0. The number of aryl methyl sites for hydroxylation is 1. The van der Waals surface area contributed by atoms with Crippen molar-refractivity contribution in [2.24, 2.45) is 0 Å². The average Bonchev–Trinajstić information content (AvgIpc) is 3.16. The number of nitrogens with one attached hydrogen (secondary N) is 1. The molecule has 0 aliphatic heterocycles. The van der Waals surface area contributed by atoms with Gasteiger partial charge in [-0.15, -0.1) is 0 Å². The van der Waals surface area contributed by atoms with Gasteiger partial charge in [-0.2, -0.15) is 8.42 Å². The van der Waals surface area contributed by atoms with Gasteiger partial charge < -0.3 is 15.5 Å². The number of nitrogens with two attached hydrogens (primary N) is 1. The Balaban J connectivity index is 1.68. The highest BCUT2D eigenvalue weighted by atomic mass is 32.2. The molecular weight excluding hydrogens is 404 g/mol. The van der Waals surface area contributed by atoms with E-state index in [2.05, 4.69) is 15.0 Å². The minimum Gasteiger partial charge on any atom is -0.494 e. The number of hydrogen-bond acceptors (Lipinski definition) is 6. The van der Waals surface area contributed by atoms with Crippen molar-refractivity contribution in [2.75, 3.05) is 12.3 Å². The van der Waals surface area contributed by atoms with Gasteiger partial charge in [-0.1, -0.05) is 37.3 Å². The van der Waals surface area contributed by atoms with Gasteiger partial charge in [-0.3, -0.25) is 4.55 Å². The van der Waals surface area contributed by atoms with Crippen molar-refractivity contribution in [3.8, 4) is 5.75 Å². The first kappa shape index (κ1) is 20.1. The Hall–Kier alpha value is -3.17. The fraction of sp³-hybridized carbons (Fsp3) is 0.238. The van der Waals surface area contributed by atoms with E-state index in [0.717, 1.165) is 17.6 Å². The second-order valence-electron chi connectivity index (χ2n) is 6.99. The molecule has 0 spiro atoms. The molecule has 1 unspecified atom stereocenters. The lowest BCUT2D eigenvalue weighted by Gasteiger charge is -2.16. The maximum atomic E-state index is 12.1. The minimum atomic E-state index is -4.35. The lowest BCUT2D eigenvalue weighted by molar-refractivity contribution is 0.305. The standard InChI is InChI=1S/C21H22N4O4S/c1-2-18-24-19-15-9-8-13(12-16(15)23-21(22)20(19)25-18)17(30(26,27)28)10-11-29-14-6-4-3-5-7-14/h3-9,12,17H,2,10-11H2,1H3,(H2,22,23)(H,24,25)(H,26,27,28). The molecule has 0 bridgehead atoms. The summed E-state index contributed by atoms with van der Waals surface area (Å²) in [7, 11) is -4.35. The SMILES string of the molecule is CCc1nc2c([nH]1)c(N)nc1cc(C(CCOc3ccccc3)S(=O)(=O)O)ccc12. The van der Waals surface area contributed by atoms with Crippen LogP contribution < -0.4 is 10.5 Å². The number of pyridine rings is 1. The van der Waals surface area contributed by atoms with Crippen molar-refractivity contribution in [1.29, 1.82) is 0 Å². The fourth-order valence-corrected chi connectivity index (χ4v) is 4.37. The van der Waals surface area contributed by atoms with Crippen LogP contribution in [0, 0.1) is 0 Å². The number of imidazole rings is 1. The Kier molecular flexibility index (Phi) is 5.31. The van der Waals surface area contributed by atoms with Crippen molar-refractivity contribution in [1.82, 2.24) is 15.0 Å². The van der Waals surface area contributed by atoms with Gasteiger partial charge in [0, 0.05) is 18.2 Å². The molecule has 8 nitrogen and oxygen atoms in total. The van der Waals surface area contributed by atoms with Gasteiger partial charge >= 0.3 is 0 Å². The summed E-state index contributed by atoms with van der Waals surface area (Å²) in [5, 5.41) is -0.386. The van der Waals surface area contributed by atoms with Crippen LogP contribution in [0.25, 0.3) is 21.9 Å². The number of ether oxygens (including phenoxy) is 1. The summed E-state index contributed by atoms with van der Waals surface area (Å²) in [6.45, 7) is 2.11. The van der Waals surface area contributed by atoms with E-state index in [1.165, 1.54) is 0 Å². The van der Waals surface area contributed by atoms with Crippen LogP contribution in [-0.2, 0) is 16.5 Å². The maximum Gasteiger partial charge on any atom is 0.272 e. The molecule has 0 fully saturated rings. The zero-order valence-corrected chi connectivity index (χ0v) is 17.2. The van der Waals surface area contributed by atoms with Gasteiger partial charge in [0.2, 0.25) is 0 Å². The Labute approximate surface area is 173 Å². The van der Waals surface area contributed by atoms with Crippen LogP contribution in [0.3, 0.4) is 0 Å². The molecule has 4 N–H and O–H groups in total. The molecule has 0 saturated carbocycles. The first-order valence-electron chi connectivity index (χ1n) is 9.58. The molecule has 2 aromatic carbocycles. The third-order valence-electron chi connectivity index (χ3n) is 4.99. The number of nitrogens with zero attached hydrogens (tertiary/aromatic N) is 2. The van der Waals surface area contributed by atoms with Crippen molar-refractivity contribution in [3.05, 3.63) is 59.9 Å². The topological polar surface area (TPSA) is 131 Å². The second-order valence-corrected chi connectivity index (χ2v) is 8.59. The molecule has 0 aliphatic carbocycles. The zero-order chi connectivity index (χ0) is 21.3. The van der Waals surface area contributed by atoms with Gasteiger partial charge in [0.05, 0.1) is 12.1 Å². The fourth-order valence-electron chi connectivity index (χ4n) is 3.49. The number of nitrogen functional groups attached to an aromatic ring is 1. The van der Waals surface area contributed by atoms with Crippen molar-refractivity contribution < 1.29 is 17.7 Å². The lowest BCUT2D eigenvalue weighted by atomic mass is 10.1. The van der Waals surface area contributed by atoms with Gasteiger partial charge in [0.15, 0.2) is 0 Å². The molecule has 2 aromatic heterocycles. The number of anilines is 1. The van der Waals surface area contributed by atoms with Crippen LogP contribution in [-0.4, -0.2) is 34.5 Å². The van der Waals surface area contributed by atoms with Crippen molar-refractivity contribution >= 4 is 37.9 Å². The molecule has 4 rings (SSSR count). The number of hydrogen-bond donors (Lipinski definition) is 3. The zero-order valence-electron chi connectivity index (χ0n) is 16.4. The molecule has 156 valence electrons. The van der Waals surface area contributed by atoms with Crippen LogP contribution in [0.4, 0.5) is 5.82 Å². The van der Waals surface area contributed by atoms with Crippen LogP contribution in [0.5, 0.6) is 5.75 Å². The Morgan fingerprint density at radius 2 is 1.93 bits per heavy atom. The first-order chi connectivity index (χ1) is 14.4. The molecule has 4 aromatic rings. The highest BCUT2D eigenvalue weighted by Crippen LogP contribution is 2.32. The predicted octanol–water partition coefficient (Wildman–Crippen LogP) is 3.65. The Morgan fingerprint density at radius 3 is 2.63 bits per heavy atom. The first-order valence-corrected chi connectivity index (χ1v) is 11.1. The van der Waals surface area contributed by atoms with E-state index in [-0.39, 0.29) is 18.8 Å². The Morgan fingerprint density at radius 1 is 1.17 bits per heavy atom. The summed E-state index contributed by atoms with van der Waals surface area (Å²) in [5.41, 5.74) is 8.36. The van der Waals surface area contributed by atoms with E-state index >= 15 is 0 Å². The van der Waals surface area contributed by atoms with Crippen LogP contribution in [0.15, 0.2) is 48.5 Å². The molecule has 30 heavy (non-hydrogen) atoms. The van der Waals surface area contributed by atoms with E-state index in [9.17, 15) is 13.0 Å². The number of para-hydroxylation sites is 1. The number of aromatic nitrogens is 3. The lowest BCUT2D eigenvalue weighted by Crippen LogP contribution is -2.15. The maximum absolute atomic E-state index is 12.1. The molecule has 2 heterocycles. The van der Waals surface area contributed by atoms with Crippen molar-refractivity contribution in [3.63, 3.8) is 0 Å². The molecule has 9 heteroatoms. The monoisotopic (exact) mass is 426 g/mol. The normalized spacial score (nSPS) is 13.0. The predicted molar refractivity (Wildman–Crippen MR) is 116 cm³/mol. The molecular formula is C21H22N4O4S. The quantitative estimate of drug-likeness (QED) is 0.384.